The Morgan fingerprint density at radius 1 is 1.28 bits per heavy atom. The quantitative estimate of drug-likeness (QED) is 0.479. The van der Waals surface area contributed by atoms with Crippen molar-refractivity contribution in [2.45, 2.75) is 44.2 Å². The number of nitrogen functional groups attached to an aromatic ring is 1. The van der Waals surface area contributed by atoms with Crippen molar-refractivity contribution in [2.24, 2.45) is 10.2 Å². The number of aromatic nitrogens is 2. The van der Waals surface area contributed by atoms with Crippen LogP contribution in [0.5, 0.6) is 0 Å². The molecule has 1 amide bonds. The van der Waals surface area contributed by atoms with Crippen LogP contribution in [0.3, 0.4) is 0 Å². The second kappa shape index (κ2) is 9.03. The fourth-order valence-electron chi connectivity index (χ4n) is 3.09. The summed E-state index contributed by atoms with van der Waals surface area (Å²) >= 11 is 0. The fourth-order valence-corrected chi connectivity index (χ4v) is 3.09. The summed E-state index contributed by atoms with van der Waals surface area (Å²) in [4.78, 5) is 12.0. The van der Waals surface area contributed by atoms with Gasteiger partial charge in [-0.25, -0.2) is 4.68 Å². The van der Waals surface area contributed by atoms with E-state index in [9.17, 15) is 10.1 Å². The van der Waals surface area contributed by atoms with E-state index < -0.39 is 5.66 Å². The van der Waals surface area contributed by atoms with E-state index in [0.29, 0.717) is 62.1 Å². The molecular formula is C21H23N7O. The number of hydrogen-bond acceptors (Lipinski definition) is 6. The third-order valence-corrected chi connectivity index (χ3v) is 4.82. The minimum absolute atomic E-state index is 0.0442. The summed E-state index contributed by atoms with van der Waals surface area (Å²) in [6.45, 7) is 0.493. The molecule has 8 nitrogen and oxygen atoms in total. The summed E-state index contributed by atoms with van der Waals surface area (Å²) in [6, 6.07) is 11.6. The van der Waals surface area contributed by atoms with Crippen molar-refractivity contribution in [3.05, 3.63) is 41.6 Å². The van der Waals surface area contributed by atoms with E-state index in [-0.39, 0.29) is 5.91 Å². The number of aryl methyl sites for hydroxylation is 1. The Morgan fingerprint density at radius 2 is 2.03 bits per heavy atom. The molecule has 0 saturated heterocycles. The van der Waals surface area contributed by atoms with E-state index in [0.717, 1.165) is 5.69 Å². The van der Waals surface area contributed by atoms with Crippen LogP contribution in [0.2, 0.25) is 0 Å². The zero-order valence-corrected chi connectivity index (χ0v) is 16.1. The molecule has 0 unspecified atom stereocenters. The van der Waals surface area contributed by atoms with Gasteiger partial charge in [0.15, 0.2) is 5.66 Å². The molecule has 1 aromatic heterocycles. The van der Waals surface area contributed by atoms with Gasteiger partial charge in [-0.1, -0.05) is 18.2 Å². The third kappa shape index (κ3) is 4.99. The number of rotatable bonds is 10. The molecule has 3 N–H and O–H groups in total. The Bertz CT molecular complexity index is 973. The van der Waals surface area contributed by atoms with Gasteiger partial charge in [0, 0.05) is 32.2 Å². The molecule has 2 heterocycles. The van der Waals surface area contributed by atoms with Crippen molar-refractivity contribution in [2.75, 3.05) is 12.3 Å². The number of nitrogens with zero attached hydrogens (tertiary/aromatic N) is 5. The van der Waals surface area contributed by atoms with E-state index in [1.165, 1.54) is 0 Å². The predicted octanol–water partition coefficient (Wildman–Crippen LogP) is 2.73. The van der Waals surface area contributed by atoms with Crippen molar-refractivity contribution in [3.63, 3.8) is 0 Å². The van der Waals surface area contributed by atoms with Gasteiger partial charge in [0.25, 0.3) is 0 Å². The largest absolute Gasteiger partial charge is 0.382 e. The van der Waals surface area contributed by atoms with Crippen LogP contribution >= 0.6 is 0 Å². The molecule has 3 rings (SSSR count). The number of terminal acetylenes is 1. The first-order valence-electron chi connectivity index (χ1n) is 9.56. The summed E-state index contributed by atoms with van der Waals surface area (Å²) in [6.07, 6.45) is 8.70. The topological polar surface area (TPSA) is 121 Å². The molecule has 1 aromatic carbocycles. The number of nitrogens with one attached hydrogen (secondary N) is 1. The molecule has 0 atom stereocenters. The van der Waals surface area contributed by atoms with Crippen molar-refractivity contribution in [1.82, 2.24) is 15.1 Å². The van der Waals surface area contributed by atoms with Crippen LogP contribution < -0.4 is 11.1 Å². The molecule has 0 aliphatic carbocycles. The van der Waals surface area contributed by atoms with Gasteiger partial charge in [-0.2, -0.15) is 20.6 Å². The molecule has 0 radical (unpaired) electrons. The lowest BCUT2D eigenvalue weighted by Crippen LogP contribution is -2.26. The van der Waals surface area contributed by atoms with E-state index in [2.05, 4.69) is 32.6 Å². The maximum Gasteiger partial charge on any atom is 0.220 e. The minimum Gasteiger partial charge on any atom is -0.382 e. The molecule has 0 bridgehead atoms. The molecule has 1 aliphatic rings. The molecule has 0 fully saturated rings. The van der Waals surface area contributed by atoms with Crippen LogP contribution in [-0.4, -0.2) is 27.9 Å². The molecule has 2 aromatic rings. The number of benzene rings is 1. The van der Waals surface area contributed by atoms with Gasteiger partial charge in [-0.3, -0.25) is 4.79 Å². The number of amides is 1. The summed E-state index contributed by atoms with van der Waals surface area (Å²) < 4.78 is 1.57. The van der Waals surface area contributed by atoms with Gasteiger partial charge in [0.05, 0.1) is 11.4 Å². The van der Waals surface area contributed by atoms with Crippen molar-refractivity contribution >= 4 is 11.7 Å². The Morgan fingerprint density at radius 3 is 2.69 bits per heavy atom. The van der Waals surface area contributed by atoms with Crippen LogP contribution in [0.15, 0.2) is 40.6 Å². The highest BCUT2D eigenvalue weighted by Gasteiger charge is 2.39. The lowest BCUT2D eigenvalue weighted by Gasteiger charge is -2.09. The summed E-state index contributed by atoms with van der Waals surface area (Å²) in [5.41, 5.74) is 7.48. The Balaban J connectivity index is 1.47. The van der Waals surface area contributed by atoms with Crippen molar-refractivity contribution < 1.29 is 4.79 Å². The Kier molecular flexibility index (Phi) is 6.25. The monoisotopic (exact) mass is 389 g/mol. The number of para-hydroxylation sites is 1. The van der Waals surface area contributed by atoms with Crippen LogP contribution in [0.4, 0.5) is 5.82 Å². The summed E-state index contributed by atoms with van der Waals surface area (Å²) in [5, 5.41) is 24.9. The summed E-state index contributed by atoms with van der Waals surface area (Å²) in [7, 11) is 0. The Labute approximate surface area is 169 Å². The highest BCUT2D eigenvalue weighted by atomic mass is 16.1. The first-order chi connectivity index (χ1) is 14.1. The first-order valence-corrected chi connectivity index (χ1v) is 9.56. The van der Waals surface area contributed by atoms with E-state index >= 15 is 0 Å². The average Bonchev–Trinajstić information content (AvgIpc) is 3.45. The normalized spacial score (nSPS) is 13.4. The molecule has 148 valence electrons. The Hall–Kier alpha value is -3.65. The number of hydrogen-bond donors (Lipinski definition) is 2. The first kappa shape index (κ1) is 20.1. The van der Waals surface area contributed by atoms with Gasteiger partial charge < -0.3 is 11.1 Å². The minimum atomic E-state index is -0.437. The van der Waals surface area contributed by atoms with Crippen LogP contribution in [0.25, 0.3) is 5.69 Å². The zero-order chi connectivity index (χ0) is 20.7. The second-order valence-electron chi connectivity index (χ2n) is 6.91. The van der Waals surface area contributed by atoms with E-state index in [4.69, 9.17) is 12.2 Å². The average molecular weight is 389 g/mol. The number of carbonyl (C=O) groups excluding carboxylic acids is 1. The SMILES string of the molecule is C#CCCC1(CCC(=O)NCCCc2nn(-c3ccccc3)c(N)c2C#N)N=N1. The smallest absolute Gasteiger partial charge is 0.220 e. The maximum atomic E-state index is 12.0. The number of carbonyl (C=O) groups is 1. The van der Waals surface area contributed by atoms with Gasteiger partial charge in [0.1, 0.15) is 17.5 Å². The zero-order valence-electron chi connectivity index (χ0n) is 16.1. The summed E-state index contributed by atoms with van der Waals surface area (Å²) in [5.74, 6) is 2.86. The highest BCUT2D eigenvalue weighted by molar-refractivity contribution is 5.76. The third-order valence-electron chi connectivity index (χ3n) is 4.82. The van der Waals surface area contributed by atoms with Crippen LogP contribution in [0, 0.1) is 23.7 Å². The highest BCUT2D eigenvalue weighted by Crippen LogP contribution is 2.37. The second-order valence-corrected chi connectivity index (χ2v) is 6.91. The van der Waals surface area contributed by atoms with Crippen LogP contribution in [-0.2, 0) is 11.2 Å². The lowest BCUT2D eigenvalue weighted by atomic mass is 10.0. The molecule has 0 saturated carbocycles. The van der Waals surface area contributed by atoms with E-state index in [1.807, 2.05) is 30.3 Å². The fraction of sp³-hybridized carbons (Fsp3) is 0.381. The number of nitriles is 1. The van der Waals surface area contributed by atoms with Crippen molar-refractivity contribution in [3.8, 4) is 24.1 Å². The maximum absolute atomic E-state index is 12.0. The number of nitrogens with two attached hydrogens (primary N) is 1. The molecule has 29 heavy (non-hydrogen) atoms. The number of anilines is 1. The molecule has 1 aliphatic heterocycles. The molecule has 8 heteroatoms. The standard InChI is InChI=1S/C21H23N7O/c1-2-3-12-21(26-27-21)13-11-19(29)24-14-7-10-18-17(15-22)20(23)28(25-18)16-8-5-4-6-9-16/h1,4-6,8-9H,3,7,10-14,23H2,(H,24,29). The molecular weight excluding hydrogens is 366 g/mol. The van der Waals surface area contributed by atoms with E-state index in [1.54, 1.807) is 4.68 Å². The van der Waals surface area contributed by atoms with Gasteiger partial charge in [0.2, 0.25) is 5.91 Å². The van der Waals surface area contributed by atoms with Crippen LogP contribution in [0.1, 0.15) is 43.4 Å². The van der Waals surface area contributed by atoms with Gasteiger partial charge in [-0.15, -0.1) is 12.3 Å². The lowest BCUT2D eigenvalue weighted by molar-refractivity contribution is -0.121. The van der Waals surface area contributed by atoms with Crippen molar-refractivity contribution in [1.29, 1.82) is 5.26 Å². The van der Waals surface area contributed by atoms with Gasteiger partial charge in [-0.05, 0) is 25.0 Å². The van der Waals surface area contributed by atoms with Gasteiger partial charge >= 0.3 is 0 Å². The molecule has 0 spiro atoms. The predicted molar refractivity (Wildman–Crippen MR) is 109 cm³/mol.